The van der Waals surface area contributed by atoms with Crippen LogP contribution in [0.1, 0.15) is 64.2 Å². The van der Waals surface area contributed by atoms with Crippen LogP contribution in [0.5, 0.6) is 0 Å². The van der Waals surface area contributed by atoms with Crippen molar-refractivity contribution in [3.05, 3.63) is 0 Å². The molecule has 0 unspecified atom stereocenters. The first-order chi connectivity index (χ1) is 13.6. The number of hydrogen-bond donors (Lipinski definition) is 2. The van der Waals surface area contributed by atoms with Crippen LogP contribution in [0.4, 0.5) is 0 Å². The SMILES string of the molecule is O=C(NN=C1C2CC3CC(C2)CC1C3)C(=O)NN=C1C2CC3CC(C2)CC1C3. The molecular formula is C22H30N4O2. The second kappa shape index (κ2) is 6.39. The first-order valence-electron chi connectivity index (χ1n) is 11.4. The van der Waals surface area contributed by atoms with Crippen LogP contribution in [0.15, 0.2) is 10.2 Å². The minimum Gasteiger partial charge on any atom is -0.262 e. The van der Waals surface area contributed by atoms with E-state index in [2.05, 4.69) is 21.1 Å². The van der Waals surface area contributed by atoms with Crippen LogP contribution in [0.25, 0.3) is 0 Å². The Balaban J connectivity index is 1.08. The summed E-state index contributed by atoms with van der Waals surface area (Å²) in [5.74, 6) is 4.15. The zero-order chi connectivity index (χ0) is 18.8. The third-order valence-electron chi connectivity index (χ3n) is 8.73. The molecule has 2 amide bonds. The average molecular weight is 383 g/mol. The summed E-state index contributed by atoms with van der Waals surface area (Å²) in [6.07, 6.45) is 12.5. The second-order valence-electron chi connectivity index (χ2n) is 10.6. The average Bonchev–Trinajstić information content (AvgIpc) is 2.65. The van der Waals surface area contributed by atoms with Crippen molar-refractivity contribution in [3.63, 3.8) is 0 Å². The number of rotatable bonds is 2. The lowest BCUT2D eigenvalue weighted by Crippen LogP contribution is -2.47. The zero-order valence-corrected chi connectivity index (χ0v) is 16.4. The maximum absolute atomic E-state index is 12.3. The van der Waals surface area contributed by atoms with Crippen LogP contribution in [-0.4, -0.2) is 23.2 Å². The van der Waals surface area contributed by atoms with Gasteiger partial charge in [-0.2, -0.15) is 10.2 Å². The zero-order valence-electron chi connectivity index (χ0n) is 16.4. The van der Waals surface area contributed by atoms with Crippen molar-refractivity contribution in [2.24, 2.45) is 57.5 Å². The van der Waals surface area contributed by atoms with E-state index in [0.29, 0.717) is 23.7 Å². The highest BCUT2D eigenvalue weighted by molar-refractivity contribution is 6.35. The summed E-state index contributed by atoms with van der Waals surface area (Å²) in [7, 11) is 0. The maximum atomic E-state index is 12.3. The summed E-state index contributed by atoms with van der Waals surface area (Å²) in [4.78, 5) is 24.5. The molecule has 6 nitrogen and oxygen atoms in total. The van der Waals surface area contributed by atoms with Gasteiger partial charge < -0.3 is 0 Å². The van der Waals surface area contributed by atoms with Crippen molar-refractivity contribution in [1.82, 2.24) is 10.9 Å². The Kier molecular flexibility index (Phi) is 3.92. The third-order valence-corrected chi connectivity index (χ3v) is 8.73. The van der Waals surface area contributed by atoms with Gasteiger partial charge in [-0.15, -0.1) is 0 Å². The van der Waals surface area contributed by atoms with Crippen molar-refractivity contribution in [1.29, 1.82) is 0 Å². The summed E-state index contributed by atoms with van der Waals surface area (Å²) in [6.45, 7) is 0. The smallest absolute Gasteiger partial charge is 0.262 e. The number of nitrogens with zero attached hydrogens (tertiary/aromatic N) is 2. The molecule has 0 saturated heterocycles. The van der Waals surface area contributed by atoms with Crippen LogP contribution < -0.4 is 10.9 Å². The van der Waals surface area contributed by atoms with Gasteiger partial charge in [-0.05, 0) is 112 Å². The highest BCUT2D eigenvalue weighted by Gasteiger charge is 2.47. The molecular weight excluding hydrogens is 352 g/mol. The van der Waals surface area contributed by atoms with Crippen LogP contribution in [0.2, 0.25) is 0 Å². The molecule has 8 aliphatic rings. The van der Waals surface area contributed by atoms with Crippen LogP contribution in [0, 0.1) is 47.3 Å². The molecule has 6 heteroatoms. The largest absolute Gasteiger partial charge is 0.331 e. The Bertz CT molecular complexity index is 646. The molecule has 8 rings (SSSR count). The van der Waals surface area contributed by atoms with Gasteiger partial charge in [0.25, 0.3) is 0 Å². The molecule has 8 bridgehead atoms. The number of hydrazone groups is 2. The number of nitrogens with one attached hydrogen (secondary N) is 2. The molecule has 0 aromatic rings. The quantitative estimate of drug-likeness (QED) is 0.569. The van der Waals surface area contributed by atoms with Crippen LogP contribution in [-0.2, 0) is 9.59 Å². The monoisotopic (exact) mass is 382 g/mol. The van der Waals surface area contributed by atoms with Crippen molar-refractivity contribution < 1.29 is 9.59 Å². The normalized spacial score (nSPS) is 44.6. The summed E-state index contributed by atoms with van der Waals surface area (Å²) in [5, 5.41) is 8.84. The lowest BCUT2D eigenvalue weighted by molar-refractivity contribution is -0.139. The molecule has 8 aliphatic carbocycles. The molecule has 150 valence electrons. The van der Waals surface area contributed by atoms with E-state index < -0.39 is 11.8 Å². The molecule has 2 N–H and O–H groups in total. The van der Waals surface area contributed by atoms with Crippen molar-refractivity contribution >= 4 is 23.2 Å². The van der Waals surface area contributed by atoms with Gasteiger partial charge in [0.1, 0.15) is 0 Å². The van der Waals surface area contributed by atoms with Crippen molar-refractivity contribution in [2.45, 2.75) is 64.2 Å². The van der Waals surface area contributed by atoms with E-state index in [-0.39, 0.29) is 0 Å². The molecule has 0 atom stereocenters. The fourth-order valence-corrected chi connectivity index (χ4v) is 8.03. The Labute approximate surface area is 166 Å². The van der Waals surface area contributed by atoms with Crippen LogP contribution >= 0.6 is 0 Å². The molecule has 0 aliphatic heterocycles. The van der Waals surface area contributed by atoms with Crippen LogP contribution in [0.3, 0.4) is 0 Å². The fourth-order valence-electron chi connectivity index (χ4n) is 8.03. The Morgan fingerprint density at radius 1 is 0.536 bits per heavy atom. The maximum Gasteiger partial charge on any atom is 0.331 e. The standard InChI is InChI=1S/C22H30N4O2/c27-21(25-23-19-15-3-11-1-12(5-15)6-16(19)4-11)22(28)26-24-20-17-7-13-2-14(9-17)10-18(20)8-13/h11-18H,1-10H2,(H,25,27)(H,26,28). The molecule has 0 heterocycles. The van der Waals surface area contributed by atoms with E-state index in [1.165, 1.54) is 64.2 Å². The lowest BCUT2D eigenvalue weighted by Gasteiger charge is -2.50. The summed E-state index contributed by atoms with van der Waals surface area (Å²) < 4.78 is 0. The van der Waals surface area contributed by atoms with E-state index in [1.807, 2.05) is 0 Å². The number of carbonyl (C=O) groups is 2. The van der Waals surface area contributed by atoms with Gasteiger partial charge in [-0.3, -0.25) is 9.59 Å². The summed E-state index contributed by atoms with van der Waals surface area (Å²) >= 11 is 0. The topological polar surface area (TPSA) is 82.9 Å². The first kappa shape index (κ1) is 17.2. The Hall–Kier alpha value is -1.72. The first-order valence-corrected chi connectivity index (χ1v) is 11.4. The predicted molar refractivity (Wildman–Crippen MR) is 105 cm³/mol. The molecule has 0 spiro atoms. The number of hydrogen-bond acceptors (Lipinski definition) is 4. The summed E-state index contributed by atoms with van der Waals surface area (Å²) in [5.41, 5.74) is 7.34. The fraction of sp³-hybridized carbons (Fsp3) is 0.818. The van der Waals surface area contributed by atoms with E-state index in [1.54, 1.807) is 0 Å². The molecule has 0 aromatic heterocycles. The highest BCUT2D eigenvalue weighted by Crippen LogP contribution is 2.53. The Morgan fingerprint density at radius 3 is 1.11 bits per heavy atom. The van der Waals surface area contributed by atoms with E-state index >= 15 is 0 Å². The van der Waals surface area contributed by atoms with Gasteiger partial charge in [0, 0.05) is 11.4 Å². The second-order valence-corrected chi connectivity index (χ2v) is 10.6. The van der Waals surface area contributed by atoms with Gasteiger partial charge in [0.2, 0.25) is 0 Å². The van der Waals surface area contributed by atoms with E-state index in [0.717, 1.165) is 35.1 Å². The number of amides is 2. The molecule has 8 fully saturated rings. The predicted octanol–water partition coefficient (Wildman–Crippen LogP) is 2.84. The number of carbonyl (C=O) groups excluding carboxylic acids is 2. The highest BCUT2D eigenvalue weighted by atomic mass is 16.2. The third kappa shape index (κ3) is 2.82. The Morgan fingerprint density at radius 2 is 0.821 bits per heavy atom. The van der Waals surface area contributed by atoms with Gasteiger partial charge in [0.05, 0.1) is 0 Å². The van der Waals surface area contributed by atoms with Gasteiger partial charge >= 0.3 is 11.8 Å². The van der Waals surface area contributed by atoms with Gasteiger partial charge in [0.15, 0.2) is 0 Å². The summed E-state index contributed by atoms with van der Waals surface area (Å²) in [6, 6.07) is 0. The molecule has 8 saturated carbocycles. The van der Waals surface area contributed by atoms with Crippen molar-refractivity contribution in [2.75, 3.05) is 0 Å². The molecule has 0 aromatic carbocycles. The van der Waals surface area contributed by atoms with Gasteiger partial charge in [-0.1, -0.05) is 0 Å². The van der Waals surface area contributed by atoms with E-state index in [4.69, 9.17) is 0 Å². The molecule has 28 heavy (non-hydrogen) atoms. The van der Waals surface area contributed by atoms with Gasteiger partial charge in [-0.25, -0.2) is 10.9 Å². The van der Waals surface area contributed by atoms with E-state index in [9.17, 15) is 9.59 Å². The lowest BCUT2D eigenvalue weighted by atomic mass is 9.55. The van der Waals surface area contributed by atoms with Crippen molar-refractivity contribution in [3.8, 4) is 0 Å². The minimum atomic E-state index is -0.686. The minimum absolute atomic E-state index is 0.521. The molecule has 0 radical (unpaired) electrons.